The van der Waals surface area contributed by atoms with E-state index in [1.54, 1.807) is 0 Å². The van der Waals surface area contributed by atoms with Crippen LogP contribution in [0.1, 0.15) is 245 Å². The Hall–Kier alpha value is -3.41. The van der Waals surface area contributed by atoms with Crippen LogP contribution in [0.25, 0.3) is 0 Å². The van der Waals surface area contributed by atoms with Crippen molar-refractivity contribution >= 4 is 17.9 Å². The third-order valence-electron chi connectivity index (χ3n) is 11.2. The monoisotopic (exact) mass is 891 g/mol. The quantitative estimate of drug-likeness (QED) is 0.0199. The lowest BCUT2D eigenvalue weighted by Gasteiger charge is -2.18. The maximum atomic E-state index is 12.8. The van der Waals surface area contributed by atoms with E-state index in [1.165, 1.54) is 116 Å². The molecule has 0 radical (unpaired) electrons. The first-order valence-electron chi connectivity index (χ1n) is 26.6. The third kappa shape index (κ3) is 49.6. The third-order valence-corrected chi connectivity index (χ3v) is 11.2. The highest BCUT2D eigenvalue weighted by Gasteiger charge is 2.19. The molecular weight excluding hydrogens is 793 g/mol. The molecule has 0 fully saturated rings. The highest BCUT2D eigenvalue weighted by molar-refractivity contribution is 5.71. The molecule has 6 heteroatoms. The van der Waals surface area contributed by atoms with Gasteiger partial charge in [-0.2, -0.15) is 0 Å². The molecular formula is C58H98O6. The van der Waals surface area contributed by atoms with Crippen LogP contribution in [-0.2, 0) is 28.6 Å². The molecule has 0 saturated heterocycles. The van der Waals surface area contributed by atoms with Crippen molar-refractivity contribution in [3.05, 3.63) is 85.1 Å². The summed E-state index contributed by atoms with van der Waals surface area (Å²) in [7, 11) is 0. The largest absolute Gasteiger partial charge is 0.462 e. The number of hydrogen-bond donors (Lipinski definition) is 0. The Kier molecular flexibility index (Phi) is 49.4. The van der Waals surface area contributed by atoms with Crippen molar-refractivity contribution in [2.75, 3.05) is 13.2 Å². The Morgan fingerprint density at radius 3 is 1.16 bits per heavy atom. The van der Waals surface area contributed by atoms with Gasteiger partial charge in [-0.3, -0.25) is 14.4 Å². The van der Waals surface area contributed by atoms with Gasteiger partial charge in [-0.05, 0) is 70.6 Å². The van der Waals surface area contributed by atoms with Gasteiger partial charge in [0.05, 0.1) is 0 Å². The van der Waals surface area contributed by atoms with Crippen LogP contribution >= 0.6 is 0 Å². The minimum Gasteiger partial charge on any atom is -0.462 e. The molecule has 0 aliphatic carbocycles. The van der Waals surface area contributed by atoms with Crippen molar-refractivity contribution in [2.45, 2.75) is 252 Å². The second-order valence-corrected chi connectivity index (χ2v) is 17.5. The SMILES string of the molecule is CC\C=C/C=C\C=C/C=C\CCCCCC(=O)OCC(COC(=O)CCCCCCCCCCC/C=C\C/C=C\C/C=C\CC)OC(=O)CCCCCCCCCCCCCCCC. The summed E-state index contributed by atoms with van der Waals surface area (Å²) in [4.78, 5) is 38.0. The molecule has 1 atom stereocenters. The average Bonchev–Trinajstić information content (AvgIpc) is 3.29. The molecule has 366 valence electrons. The summed E-state index contributed by atoms with van der Waals surface area (Å²) in [5.74, 6) is -0.933. The molecule has 6 nitrogen and oxygen atoms in total. The van der Waals surface area contributed by atoms with Gasteiger partial charge in [-0.1, -0.05) is 241 Å². The normalized spacial score (nSPS) is 12.7. The van der Waals surface area contributed by atoms with Crippen LogP contribution in [0.5, 0.6) is 0 Å². The first kappa shape index (κ1) is 60.6. The van der Waals surface area contributed by atoms with Gasteiger partial charge >= 0.3 is 17.9 Å². The smallest absolute Gasteiger partial charge is 0.306 e. The zero-order chi connectivity index (χ0) is 46.5. The van der Waals surface area contributed by atoms with E-state index in [1.807, 2.05) is 30.4 Å². The van der Waals surface area contributed by atoms with E-state index in [2.05, 4.69) is 75.5 Å². The number of rotatable bonds is 47. The minimum atomic E-state index is -0.793. The van der Waals surface area contributed by atoms with Gasteiger partial charge in [-0.15, -0.1) is 0 Å². The molecule has 0 bridgehead atoms. The molecule has 0 aliphatic rings. The lowest BCUT2D eigenvalue weighted by molar-refractivity contribution is -0.167. The predicted octanol–water partition coefficient (Wildman–Crippen LogP) is 17.6. The summed E-state index contributed by atoms with van der Waals surface area (Å²) < 4.78 is 16.8. The molecule has 0 rings (SSSR count). The average molecular weight is 891 g/mol. The molecule has 0 amide bonds. The standard InChI is InChI=1S/C58H98O6/c1-4-7-10-13-16-19-22-25-27-28-29-30-31-34-36-39-42-45-48-51-57(60)63-54-55(53-62-56(59)50-47-44-41-38-35-32-24-21-18-15-12-9-6-3)64-58(61)52-49-46-43-40-37-33-26-23-20-17-14-11-8-5-2/h7,9-10,12,15-16,18-19,21,24-25,27,32,35,55H,4-6,8,11,13-14,17,20,22-23,26,28-31,33-34,36-54H2,1-3H3/b10-7-,12-9-,18-15-,19-16-,24-21-,27-25-,35-32-. The number of unbranched alkanes of at least 4 members (excludes halogenated alkanes) is 25. The van der Waals surface area contributed by atoms with Crippen LogP contribution in [-0.4, -0.2) is 37.2 Å². The van der Waals surface area contributed by atoms with E-state index in [0.717, 1.165) is 89.9 Å². The van der Waals surface area contributed by atoms with Crippen LogP contribution in [0.15, 0.2) is 85.1 Å². The highest BCUT2D eigenvalue weighted by atomic mass is 16.6. The van der Waals surface area contributed by atoms with Gasteiger partial charge in [0, 0.05) is 19.3 Å². The maximum absolute atomic E-state index is 12.8. The molecule has 0 aromatic heterocycles. The number of esters is 3. The van der Waals surface area contributed by atoms with E-state index in [9.17, 15) is 14.4 Å². The molecule has 0 heterocycles. The Morgan fingerprint density at radius 2 is 0.688 bits per heavy atom. The van der Waals surface area contributed by atoms with Gasteiger partial charge in [0.25, 0.3) is 0 Å². The molecule has 64 heavy (non-hydrogen) atoms. The van der Waals surface area contributed by atoms with Gasteiger partial charge in [0.1, 0.15) is 13.2 Å². The van der Waals surface area contributed by atoms with Gasteiger partial charge in [0.2, 0.25) is 0 Å². The van der Waals surface area contributed by atoms with E-state index in [4.69, 9.17) is 14.2 Å². The Morgan fingerprint density at radius 1 is 0.344 bits per heavy atom. The fourth-order valence-corrected chi connectivity index (χ4v) is 7.29. The van der Waals surface area contributed by atoms with Crippen LogP contribution in [0, 0.1) is 0 Å². The fraction of sp³-hybridized carbons (Fsp3) is 0.707. The van der Waals surface area contributed by atoms with Crippen molar-refractivity contribution in [1.29, 1.82) is 0 Å². The fourth-order valence-electron chi connectivity index (χ4n) is 7.29. The highest BCUT2D eigenvalue weighted by Crippen LogP contribution is 2.15. The molecule has 0 aromatic carbocycles. The van der Waals surface area contributed by atoms with Crippen molar-refractivity contribution in [1.82, 2.24) is 0 Å². The summed E-state index contributed by atoms with van der Waals surface area (Å²) in [6, 6.07) is 0. The number of ether oxygens (including phenoxy) is 3. The second-order valence-electron chi connectivity index (χ2n) is 17.5. The summed E-state index contributed by atoms with van der Waals surface area (Å²) in [5, 5.41) is 0. The molecule has 1 unspecified atom stereocenters. The Bertz CT molecular complexity index is 1250. The summed E-state index contributed by atoms with van der Waals surface area (Å²) >= 11 is 0. The zero-order valence-corrected chi connectivity index (χ0v) is 41.8. The first-order chi connectivity index (χ1) is 31.5. The van der Waals surface area contributed by atoms with E-state index in [0.29, 0.717) is 19.3 Å². The van der Waals surface area contributed by atoms with Crippen LogP contribution in [0.3, 0.4) is 0 Å². The lowest BCUT2D eigenvalue weighted by atomic mass is 10.0. The van der Waals surface area contributed by atoms with E-state index in [-0.39, 0.29) is 31.1 Å². The number of carbonyl (C=O) groups is 3. The van der Waals surface area contributed by atoms with Crippen molar-refractivity contribution in [2.24, 2.45) is 0 Å². The van der Waals surface area contributed by atoms with Crippen molar-refractivity contribution in [3.63, 3.8) is 0 Å². The van der Waals surface area contributed by atoms with Crippen LogP contribution in [0.4, 0.5) is 0 Å². The van der Waals surface area contributed by atoms with Gasteiger partial charge in [0.15, 0.2) is 6.10 Å². The summed E-state index contributed by atoms with van der Waals surface area (Å²) in [6.45, 7) is 6.36. The molecule has 0 N–H and O–H groups in total. The molecule has 0 saturated carbocycles. The molecule has 0 aromatic rings. The second kappa shape index (κ2) is 52.2. The summed E-state index contributed by atoms with van der Waals surface area (Å²) in [6.07, 6.45) is 67.1. The Balaban J connectivity index is 4.40. The zero-order valence-electron chi connectivity index (χ0n) is 41.8. The Labute approximate surface area is 395 Å². The number of hydrogen-bond acceptors (Lipinski definition) is 6. The minimum absolute atomic E-state index is 0.0909. The van der Waals surface area contributed by atoms with Crippen LogP contribution < -0.4 is 0 Å². The molecule has 0 spiro atoms. The van der Waals surface area contributed by atoms with Gasteiger partial charge in [-0.25, -0.2) is 0 Å². The number of carbonyl (C=O) groups excluding carboxylic acids is 3. The first-order valence-corrected chi connectivity index (χ1v) is 26.6. The topological polar surface area (TPSA) is 78.9 Å². The molecule has 0 aliphatic heterocycles. The van der Waals surface area contributed by atoms with Gasteiger partial charge < -0.3 is 14.2 Å². The van der Waals surface area contributed by atoms with Crippen LogP contribution in [0.2, 0.25) is 0 Å². The van der Waals surface area contributed by atoms with E-state index < -0.39 is 6.10 Å². The van der Waals surface area contributed by atoms with E-state index >= 15 is 0 Å². The van der Waals surface area contributed by atoms with Crippen molar-refractivity contribution in [3.8, 4) is 0 Å². The predicted molar refractivity (Wildman–Crippen MR) is 274 cm³/mol. The lowest BCUT2D eigenvalue weighted by Crippen LogP contribution is -2.30. The van der Waals surface area contributed by atoms with Crippen molar-refractivity contribution < 1.29 is 28.6 Å². The summed E-state index contributed by atoms with van der Waals surface area (Å²) in [5.41, 5.74) is 0. The number of allylic oxidation sites excluding steroid dienone is 14. The maximum Gasteiger partial charge on any atom is 0.306 e.